The van der Waals surface area contributed by atoms with Crippen LogP contribution >= 0.6 is 0 Å². The van der Waals surface area contributed by atoms with Crippen molar-refractivity contribution in [1.82, 2.24) is 4.90 Å². The van der Waals surface area contributed by atoms with E-state index in [2.05, 4.69) is 18.7 Å². The van der Waals surface area contributed by atoms with Gasteiger partial charge in [0, 0.05) is 13.1 Å². The summed E-state index contributed by atoms with van der Waals surface area (Å²) in [5.74, 6) is 0. The molecule has 0 bridgehead atoms. The van der Waals surface area contributed by atoms with E-state index in [0.29, 0.717) is 6.54 Å². The van der Waals surface area contributed by atoms with Gasteiger partial charge in [0.05, 0.1) is 6.10 Å². The first-order valence-electron chi connectivity index (χ1n) is 4.85. The van der Waals surface area contributed by atoms with E-state index in [4.69, 9.17) is 5.73 Å². The molecule has 0 amide bonds. The second kappa shape index (κ2) is 7.53. The maximum Gasteiger partial charge on any atom is 0.0789 e. The minimum atomic E-state index is -0.358. The predicted molar refractivity (Wildman–Crippen MR) is 52.1 cm³/mol. The molecule has 0 aromatic heterocycles. The lowest BCUT2D eigenvalue weighted by molar-refractivity contribution is 0.118. The summed E-state index contributed by atoms with van der Waals surface area (Å²) >= 11 is 0. The summed E-state index contributed by atoms with van der Waals surface area (Å²) < 4.78 is 0. The zero-order chi connectivity index (χ0) is 9.40. The largest absolute Gasteiger partial charge is 0.390 e. The van der Waals surface area contributed by atoms with Crippen molar-refractivity contribution < 1.29 is 5.11 Å². The number of rotatable bonds is 7. The standard InChI is InChI=1S/C9H22N2O/c1-3-5-11(6-4-2)8-9(12)7-10/h9,12H,3-8,10H2,1-2H3. The molecule has 0 radical (unpaired) electrons. The molecule has 0 saturated carbocycles. The molecule has 3 N–H and O–H groups in total. The van der Waals surface area contributed by atoms with Crippen LogP contribution in [-0.4, -0.2) is 42.3 Å². The summed E-state index contributed by atoms with van der Waals surface area (Å²) in [6.45, 7) is 7.51. The second-order valence-corrected chi connectivity index (χ2v) is 3.19. The van der Waals surface area contributed by atoms with Gasteiger partial charge < -0.3 is 15.7 Å². The maximum atomic E-state index is 9.31. The average molecular weight is 174 g/mol. The molecule has 0 aromatic carbocycles. The highest BCUT2D eigenvalue weighted by Crippen LogP contribution is 1.95. The van der Waals surface area contributed by atoms with Crippen molar-refractivity contribution in [1.29, 1.82) is 0 Å². The van der Waals surface area contributed by atoms with Crippen molar-refractivity contribution in [3.05, 3.63) is 0 Å². The van der Waals surface area contributed by atoms with Crippen molar-refractivity contribution in [3.63, 3.8) is 0 Å². The van der Waals surface area contributed by atoms with Crippen molar-refractivity contribution in [2.75, 3.05) is 26.2 Å². The SMILES string of the molecule is CCCN(CCC)CC(O)CN. The summed E-state index contributed by atoms with van der Waals surface area (Å²) in [6.07, 6.45) is 1.91. The molecule has 0 aliphatic heterocycles. The molecule has 0 aliphatic carbocycles. The molecule has 0 aromatic rings. The average Bonchev–Trinajstić information content (AvgIpc) is 2.05. The van der Waals surface area contributed by atoms with Crippen molar-refractivity contribution in [3.8, 4) is 0 Å². The molecule has 3 nitrogen and oxygen atoms in total. The number of hydrogen-bond donors (Lipinski definition) is 2. The molecule has 0 rings (SSSR count). The van der Waals surface area contributed by atoms with Gasteiger partial charge in [-0.2, -0.15) is 0 Å². The molecule has 0 saturated heterocycles. The van der Waals surface area contributed by atoms with Crippen LogP contribution in [0.3, 0.4) is 0 Å². The Morgan fingerprint density at radius 1 is 1.25 bits per heavy atom. The third-order valence-electron chi connectivity index (χ3n) is 1.82. The molecular weight excluding hydrogens is 152 g/mol. The monoisotopic (exact) mass is 174 g/mol. The van der Waals surface area contributed by atoms with Crippen molar-refractivity contribution in [2.24, 2.45) is 5.73 Å². The summed E-state index contributed by atoms with van der Waals surface area (Å²) in [5, 5.41) is 9.31. The zero-order valence-electron chi connectivity index (χ0n) is 8.29. The van der Waals surface area contributed by atoms with Gasteiger partial charge in [0.25, 0.3) is 0 Å². The Balaban J connectivity index is 3.61. The third-order valence-corrected chi connectivity index (χ3v) is 1.82. The second-order valence-electron chi connectivity index (χ2n) is 3.19. The molecule has 0 spiro atoms. The van der Waals surface area contributed by atoms with Crippen LogP contribution in [0.4, 0.5) is 0 Å². The molecule has 1 atom stereocenters. The highest BCUT2D eigenvalue weighted by molar-refractivity contribution is 4.64. The number of aliphatic hydroxyl groups excluding tert-OH is 1. The van der Waals surface area contributed by atoms with Crippen molar-refractivity contribution in [2.45, 2.75) is 32.8 Å². The Morgan fingerprint density at radius 2 is 1.75 bits per heavy atom. The predicted octanol–water partition coefficient (Wildman–Crippen LogP) is 0.428. The first-order valence-corrected chi connectivity index (χ1v) is 4.85. The number of nitrogens with zero attached hydrogens (tertiary/aromatic N) is 1. The van der Waals surface area contributed by atoms with Gasteiger partial charge in [-0.25, -0.2) is 0 Å². The lowest BCUT2D eigenvalue weighted by Gasteiger charge is -2.23. The van der Waals surface area contributed by atoms with E-state index in [-0.39, 0.29) is 6.10 Å². The zero-order valence-corrected chi connectivity index (χ0v) is 8.29. The Bertz CT molecular complexity index is 92.5. The number of hydrogen-bond acceptors (Lipinski definition) is 3. The first-order chi connectivity index (χ1) is 5.74. The summed E-state index contributed by atoms with van der Waals surface area (Å²) in [6, 6.07) is 0. The third kappa shape index (κ3) is 5.52. The summed E-state index contributed by atoms with van der Waals surface area (Å²) in [4.78, 5) is 2.26. The lowest BCUT2D eigenvalue weighted by Crippen LogP contribution is -2.37. The van der Waals surface area contributed by atoms with Crippen LogP contribution in [0.15, 0.2) is 0 Å². The van der Waals surface area contributed by atoms with E-state index in [1.807, 2.05) is 0 Å². The van der Waals surface area contributed by atoms with E-state index < -0.39 is 0 Å². The van der Waals surface area contributed by atoms with Gasteiger partial charge in [0.2, 0.25) is 0 Å². The highest BCUT2D eigenvalue weighted by Gasteiger charge is 2.07. The van der Waals surface area contributed by atoms with Crippen molar-refractivity contribution >= 4 is 0 Å². The number of nitrogens with two attached hydrogens (primary N) is 1. The Kier molecular flexibility index (Phi) is 7.45. The van der Waals surface area contributed by atoms with Crippen LogP contribution in [0.1, 0.15) is 26.7 Å². The van der Waals surface area contributed by atoms with Crippen LogP contribution in [0, 0.1) is 0 Å². The van der Waals surface area contributed by atoms with Gasteiger partial charge in [-0.15, -0.1) is 0 Å². The van der Waals surface area contributed by atoms with E-state index in [9.17, 15) is 5.11 Å². The Labute approximate surface area is 75.6 Å². The van der Waals surface area contributed by atoms with Crippen LogP contribution in [-0.2, 0) is 0 Å². The molecule has 0 heterocycles. The van der Waals surface area contributed by atoms with Crippen LogP contribution in [0.2, 0.25) is 0 Å². The fraction of sp³-hybridized carbons (Fsp3) is 1.00. The fourth-order valence-corrected chi connectivity index (χ4v) is 1.30. The van der Waals surface area contributed by atoms with Gasteiger partial charge in [0.1, 0.15) is 0 Å². The molecule has 1 unspecified atom stereocenters. The van der Waals surface area contributed by atoms with E-state index in [0.717, 1.165) is 32.5 Å². The minimum absolute atomic E-state index is 0.358. The minimum Gasteiger partial charge on any atom is -0.390 e. The molecule has 0 aliphatic rings. The fourth-order valence-electron chi connectivity index (χ4n) is 1.30. The first kappa shape index (κ1) is 11.9. The van der Waals surface area contributed by atoms with Gasteiger partial charge in [-0.1, -0.05) is 13.8 Å². The van der Waals surface area contributed by atoms with E-state index >= 15 is 0 Å². The van der Waals surface area contributed by atoms with E-state index in [1.165, 1.54) is 0 Å². The van der Waals surface area contributed by atoms with Gasteiger partial charge in [-0.3, -0.25) is 0 Å². The smallest absolute Gasteiger partial charge is 0.0789 e. The molecule has 74 valence electrons. The van der Waals surface area contributed by atoms with Gasteiger partial charge in [-0.05, 0) is 25.9 Å². The Hall–Kier alpha value is -0.120. The Morgan fingerprint density at radius 3 is 2.08 bits per heavy atom. The van der Waals surface area contributed by atoms with Crippen LogP contribution in [0.5, 0.6) is 0 Å². The quantitative estimate of drug-likeness (QED) is 0.588. The molecule has 0 fully saturated rings. The highest BCUT2D eigenvalue weighted by atomic mass is 16.3. The lowest BCUT2D eigenvalue weighted by atomic mass is 10.3. The summed E-state index contributed by atoms with van der Waals surface area (Å²) in [7, 11) is 0. The topological polar surface area (TPSA) is 49.5 Å². The van der Waals surface area contributed by atoms with Crippen LogP contribution < -0.4 is 5.73 Å². The van der Waals surface area contributed by atoms with Crippen LogP contribution in [0.25, 0.3) is 0 Å². The van der Waals surface area contributed by atoms with E-state index in [1.54, 1.807) is 0 Å². The number of aliphatic hydroxyl groups is 1. The maximum absolute atomic E-state index is 9.31. The van der Waals surface area contributed by atoms with Gasteiger partial charge >= 0.3 is 0 Å². The van der Waals surface area contributed by atoms with Gasteiger partial charge in [0.15, 0.2) is 0 Å². The summed E-state index contributed by atoms with van der Waals surface area (Å²) in [5.41, 5.74) is 5.34. The molecule has 3 heteroatoms. The molecular formula is C9H22N2O. The molecule has 12 heavy (non-hydrogen) atoms. The normalized spacial score (nSPS) is 13.8.